The van der Waals surface area contributed by atoms with Crippen molar-refractivity contribution in [2.24, 2.45) is 0 Å². The molecule has 17 heavy (non-hydrogen) atoms. The predicted molar refractivity (Wildman–Crippen MR) is 55.1 cm³/mol. The number of rotatable bonds is 4. The summed E-state index contributed by atoms with van der Waals surface area (Å²) in [5.41, 5.74) is -1.99. The Bertz CT molecular complexity index is 555. The molecule has 2 saturated heterocycles. The first kappa shape index (κ1) is 10.5. The molecule has 3 rings (SSSR count). The van der Waals surface area contributed by atoms with Crippen molar-refractivity contribution >= 4 is 0 Å². The van der Waals surface area contributed by atoms with Crippen molar-refractivity contribution in [1.29, 1.82) is 0 Å². The highest BCUT2D eigenvalue weighted by molar-refractivity contribution is 4.81. The van der Waals surface area contributed by atoms with Crippen molar-refractivity contribution in [3.05, 3.63) is 31.5 Å². The van der Waals surface area contributed by atoms with Gasteiger partial charge in [-0.1, -0.05) is 0 Å². The topological polar surface area (TPSA) is 102 Å². The van der Waals surface area contributed by atoms with Crippen LogP contribution in [0.1, 0.15) is 0 Å². The van der Waals surface area contributed by atoms with E-state index in [2.05, 4.69) is 4.98 Å². The van der Waals surface area contributed by atoms with Crippen molar-refractivity contribution in [2.45, 2.75) is 25.3 Å². The maximum atomic E-state index is 11.9. The number of H-pyrrole nitrogens is 1. The maximum absolute atomic E-state index is 11.9. The van der Waals surface area contributed by atoms with Crippen molar-refractivity contribution in [3.63, 3.8) is 0 Å². The van der Waals surface area contributed by atoms with Crippen LogP contribution in [0, 0.1) is 0 Å². The molecule has 1 aromatic heterocycles. The molecule has 8 nitrogen and oxygen atoms in total. The molecule has 2 aliphatic rings. The average molecular weight is 241 g/mol. The first-order chi connectivity index (χ1) is 8.15. The standard InChI is InChI=1S/C9H11N3O5/c13-7-10-8(14)12(2-6-4-17-6)9(15)11(7)1-5-3-16-5/h5-6H,1-4H2,(H,10,13,14)/t5-,6+. The quantitative estimate of drug-likeness (QED) is 0.587. The van der Waals surface area contributed by atoms with Gasteiger partial charge in [0.15, 0.2) is 0 Å². The molecule has 92 valence electrons. The monoisotopic (exact) mass is 241 g/mol. The molecule has 8 heteroatoms. The lowest BCUT2D eigenvalue weighted by atomic mass is 10.4. The van der Waals surface area contributed by atoms with Gasteiger partial charge in [-0.25, -0.2) is 23.5 Å². The minimum absolute atomic E-state index is 0.100. The van der Waals surface area contributed by atoms with Crippen LogP contribution in [0.15, 0.2) is 14.4 Å². The Morgan fingerprint density at radius 1 is 1.00 bits per heavy atom. The normalized spacial score (nSPS) is 25.9. The predicted octanol–water partition coefficient (Wildman–Crippen LogP) is -2.50. The summed E-state index contributed by atoms with van der Waals surface area (Å²) in [5.74, 6) is 0. The molecule has 0 saturated carbocycles. The van der Waals surface area contributed by atoms with Gasteiger partial charge in [0.2, 0.25) is 0 Å². The summed E-state index contributed by atoms with van der Waals surface area (Å²) >= 11 is 0. The third-order valence-electron chi connectivity index (χ3n) is 2.74. The van der Waals surface area contributed by atoms with Gasteiger partial charge in [-0.2, -0.15) is 0 Å². The maximum Gasteiger partial charge on any atom is 0.336 e. The fraction of sp³-hybridized carbons (Fsp3) is 0.667. The van der Waals surface area contributed by atoms with Gasteiger partial charge in [0.25, 0.3) is 0 Å². The fourth-order valence-electron chi connectivity index (χ4n) is 1.62. The Hall–Kier alpha value is -1.67. The van der Waals surface area contributed by atoms with E-state index in [1.807, 2.05) is 0 Å². The number of aromatic amines is 1. The van der Waals surface area contributed by atoms with Crippen molar-refractivity contribution in [2.75, 3.05) is 13.2 Å². The van der Waals surface area contributed by atoms with Crippen molar-refractivity contribution < 1.29 is 9.47 Å². The van der Waals surface area contributed by atoms with Crippen LogP contribution in [0.25, 0.3) is 0 Å². The molecule has 1 N–H and O–H groups in total. The highest BCUT2D eigenvalue weighted by atomic mass is 16.6. The van der Waals surface area contributed by atoms with Crippen LogP contribution < -0.4 is 17.1 Å². The van der Waals surface area contributed by atoms with E-state index in [0.29, 0.717) is 13.2 Å². The third kappa shape index (κ3) is 2.08. The van der Waals surface area contributed by atoms with Crippen LogP contribution in [0.4, 0.5) is 0 Å². The van der Waals surface area contributed by atoms with Crippen LogP contribution in [0.3, 0.4) is 0 Å². The molecular weight excluding hydrogens is 230 g/mol. The fourth-order valence-corrected chi connectivity index (χ4v) is 1.62. The van der Waals surface area contributed by atoms with Crippen LogP contribution in [0.2, 0.25) is 0 Å². The highest BCUT2D eigenvalue weighted by Gasteiger charge is 2.28. The van der Waals surface area contributed by atoms with E-state index in [-0.39, 0.29) is 25.3 Å². The molecule has 0 unspecified atom stereocenters. The lowest BCUT2D eigenvalue weighted by molar-refractivity contribution is 0.352. The van der Waals surface area contributed by atoms with Crippen molar-refractivity contribution in [3.8, 4) is 0 Å². The Morgan fingerprint density at radius 2 is 1.41 bits per heavy atom. The summed E-state index contributed by atoms with van der Waals surface area (Å²) < 4.78 is 11.9. The first-order valence-corrected chi connectivity index (χ1v) is 5.32. The van der Waals surface area contributed by atoms with Gasteiger partial charge in [-0.15, -0.1) is 0 Å². The number of nitrogens with zero attached hydrogens (tertiary/aromatic N) is 2. The molecule has 0 aliphatic carbocycles. The number of ether oxygens (including phenoxy) is 2. The zero-order valence-corrected chi connectivity index (χ0v) is 8.92. The lowest BCUT2D eigenvalue weighted by Crippen LogP contribution is -2.50. The molecule has 0 radical (unpaired) electrons. The van der Waals surface area contributed by atoms with Gasteiger partial charge in [-0.3, -0.25) is 4.98 Å². The molecule has 2 fully saturated rings. The molecule has 2 aliphatic heterocycles. The van der Waals surface area contributed by atoms with Crippen LogP contribution >= 0.6 is 0 Å². The van der Waals surface area contributed by atoms with Crippen molar-refractivity contribution in [1.82, 2.24) is 14.1 Å². The molecule has 0 spiro atoms. The molecule has 2 atom stereocenters. The minimum atomic E-state index is -0.691. The van der Waals surface area contributed by atoms with Crippen LogP contribution in [-0.4, -0.2) is 39.5 Å². The summed E-state index contributed by atoms with van der Waals surface area (Å²) in [6.07, 6.45) is -0.200. The number of epoxide rings is 2. The van der Waals surface area contributed by atoms with Gasteiger partial charge in [0.1, 0.15) is 0 Å². The zero-order chi connectivity index (χ0) is 12.0. The number of aromatic nitrogens is 3. The van der Waals surface area contributed by atoms with Gasteiger partial charge in [0, 0.05) is 0 Å². The zero-order valence-electron chi connectivity index (χ0n) is 8.92. The van der Waals surface area contributed by atoms with E-state index in [0.717, 1.165) is 9.13 Å². The average Bonchev–Trinajstić information content (AvgIpc) is 3.12. The Labute approximate surface area is 94.4 Å². The van der Waals surface area contributed by atoms with Gasteiger partial charge >= 0.3 is 17.1 Å². The Morgan fingerprint density at radius 3 is 1.76 bits per heavy atom. The Balaban J connectivity index is 2.03. The van der Waals surface area contributed by atoms with Crippen LogP contribution in [0.5, 0.6) is 0 Å². The summed E-state index contributed by atoms with van der Waals surface area (Å²) in [6.45, 7) is 1.44. The number of hydrogen-bond acceptors (Lipinski definition) is 5. The summed E-state index contributed by atoms with van der Waals surface area (Å²) in [4.78, 5) is 37.0. The minimum Gasteiger partial charge on any atom is -0.371 e. The molecule has 0 bridgehead atoms. The smallest absolute Gasteiger partial charge is 0.336 e. The Kier molecular flexibility index (Phi) is 2.26. The molecule has 0 aromatic carbocycles. The summed E-state index contributed by atoms with van der Waals surface area (Å²) in [6, 6.07) is 0. The van der Waals surface area contributed by atoms with Gasteiger partial charge < -0.3 is 9.47 Å². The SMILES string of the molecule is O=c1[nH]c(=O)n(C[C@@H]2CO2)c(=O)n1C[C@H]1CO1. The summed E-state index contributed by atoms with van der Waals surface area (Å²) in [7, 11) is 0. The van der Waals surface area contributed by atoms with E-state index in [9.17, 15) is 14.4 Å². The number of hydrogen-bond donors (Lipinski definition) is 1. The molecule has 1 aromatic rings. The van der Waals surface area contributed by atoms with E-state index in [1.54, 1.807) is 0 Å². The number of nitrogens with one attached hydrogen (secondary N) is 1. The third-order valence-corrected chi connectivity index (χ3v) is 2.74. The van der Waals surface area contributed by atoms with E-state index < -0.39 is 17.1 Å². The second kappa shape index (κ2) is 3.67. The molecular formula is C9H11N3O5. The van der Waals surface area contributed by atoms with Gasteiger partial charge in [0.05, 0.1) is 38.5 Å². The molecule has 3 heterocycles. The van der Waals surface area contributed by atoms with E-state index in [1.165, 1.54) is 0 Å². The second-order valence-electron chi connectivity index (χ2n) is 4.15. The largest absolute Gasteiger partial charge is 0.371 e. The van der Waals surface area contributed by atoms with Crippen LogP contribution in [-0.2, 0) is 22.6 Å². The van der Waals surface area contributed by atoms with Gasteiger partial charge in [-0.05, 0) is 0 Å². The second-order valence-corrected chi connectivity index (χ2v) is 4.15. The highest BCUT2D eigenvalue weighted by Crippen LogP contribution is 2.10. The van der Waals surface area contributed by atoms with E-state index >= 15 is 0 Å². The summed E-state index contributed by atoms with van der Waals surface area (Å²) in [5, 5.41) is 0. The first-order valence-electron chi connectivity index (χ1n) is 5.32. The lowest BCUT2D eigenvalue weighted by Gasteiger charge is -2.06. The van der Waals surface area contributed by atoms with E-state index in [4.69, 9.17) is 9.47 Å². The molecule has 0 amide bonds.